The summed E-state index contributed by atoms with van der Waals surface area (Å²) in [5.41, 5.74) is 5.00. The summed E-state index contributed by atoms with van der Waals surface area (Å²) in [5, 5.41) is 6.70. The van der Waals surface area contributed by atoms with Gasteiger partial charge in [0.1, 0.15) is 0 Å². The van der Waals surface area contributed by atoms with Gasteiger partial charge in [-0.15, -0.1) is 11.3 Å². The molecule has 18 heavy (non-hydrogen) atoms. The zero-order valence-corrected chi connectivity index (χ0v) is 12.1. The van der Waals surface area contributed by atoms with E-state index in [4.69, 9.17) is 4.98 Å². The maximum absolute atomic E-state index is 4.70. The van der Waals surface area contributed by atoms with Crippen molar-refractivity contribution < 1.29 is 0 Å². The number of aryl methyl sites for hydroxylation is 2. The first-order chi connectivity index (χ1) is 8.70. The molecule has 0 aliphatic heterocycles. The molecule has 0 radical (unpaired) electrons. The Kier molecular flexibility index (Phi) is 4.50. The summed E-state index contributed by atoms with van der Waals surface area (Å²) in [6.45, 7) is 8.45. The van der Waals surface area contributed by atoms with Crippen molar-refractivity contribution >= 4 is 11.3 Å². The zero-order chi connectivity index (χ0) is 13.0. The molecule has 0 amide bonds. The van der Waals surface area contributed by atoms with E-state index in [0.29, 0.717) is 0 Å². The van der Waals surface area contributed by atoms with Gasteiger partial charge >= 0.3 is 0 Å². The molecule has 1 aromatic heterocycles. The molecular formula is C15H20N2S. The van der Waals surface area contributed by atoms with Gasteiger partial charge in [0.15, 0.2) is 0 Å². The fourth-order valence-corrected chi connectivity index (χ4v) is 2.64. The molecule has 0 aliphatic carbocycles. The molecule has 1 heterocycles. The fraction of sp³-hybridized carbons (Fsp3) is 0.400. The second kappa shape index (κ2) is 6.12. The minimum Gasteiger partial charge on any atom is -0.317 e. The predicted molar refractivity (Wildman–Crippen MR) is 79.3 cm³/mol. The Morgan fingerprint density at radius 2 is 2.06 bits per heavy atom. The Morgan fingerprint density at radius 1 is 1.22 bits per heavy atom. The van der Waals surface area contributed by atoms with Gasteiger partial charge in [-0.2, -0.15) is 0 Å². The average Bonchev–Trinajstić information content (AvgIpc) is 2.82. The van der Waals surface area contributed by atoms with Gasteiger partial charge in [0, 0.05) is 23.9 Å². The third kappa shape index (κ3) is 3.18. The number of likely N-dealkylation sites (N-methyl/N-ethyl adjacent to an activating group) is 1. The molecular weight excluding hydrogens is 240 g/mol. The first-order valence-corrected chi connectivity index (χ1v) is 7.31. The maximum Gasteiger partial charge on any atom is 0.0945 e. The molecule has 0 fully saturated rings. The fourth-order valence-electron chi connectivity index (χ4n) is 1.83. The Balaban J connectivity index is 2.11. The highest BCUT2D eigenvalue weighted by Crippen LogP contribution is 2.24. The van der Waals surface area contributed by atoms with E-state index in [1.54, 1.807) is 11.3 Å². The van der Waals surface area contributed by atoms with Crippen LogP contribution in [0.4, 0.5) is 0 Å². The molecule has 0 aliphatic rings. The van der Waals surface area contributed by atoms with Crippen LogP contribution in [-0.2, 0) is 6.42 Å². The van der Waals surface area contributed by atoms with Crippen LogP contribution >= 0.6 is 11.3 Å². The highest BCUT2D eigenvalue weighted by Gasteiger charge is 2.05. The number of thiazole rings is 1. The third-order valence-corrected chi connectivity index (χ3v) is 4.03. The van der Waals surface area contributed by atoms with Crippen molar-refractivity contribution in [1.82, 2.24) is 10.3 Å². The Morgan fingerprint density at radius 3 is 2.78 bits per heavy atom. The standard InChI is InChI=1S/C15H20N2S/c1-4-16-8-7-15-17-14(10-18-15)13-6-5-11(2)12(3)9-13/h5-6,9-10,16H,4,7-8H2,1-3H3. The van der Waals surface area contributed by atoms with Gasteiger partial charge in [-0.25, -0.2) is 4.98 Å². The van der Waals surface area contributed by atoms with Crippen LogP contribution in [0.5, 0.6) is 0 Å². The lowest BCUT2D eigenvalue weighted by molar-refractivity contribution is 0.714. The number of nitrogens with one attached hydrogen (secondary N) is 1. The van der Waals surface area contributed by atoms with Gasteiger partial charge < -0.3 is 5.32 Å². The molecule has 0 atom stereocenters. The molecule has 2 aromatic rings. The smallest absolute Gasteiger partial charge is 0.0945 e. The molecule has 0 saturated heterocycles. The van der Waals surface area contributed by atoms with E-state index in [1.165, 1.54) is 21.7 Å². The van der Waals surface area contributed by atoms with Gasteiger partial charge in [-0.3, -0.25) is 0 Å². The van der Waals surface area contributed by atoms with E-state index < -0.39 is 0 Å². The van der Waals surface area contributed by atoms with Crippen LogP contribution in [0.1, 0.15) is 23.1 Å². The summed E-state index contributed by atoms with van der Waals surface area (Å²) in [4.78, 5) is 4.70. The quantitative estimate of drug-likeness (QED) is 0.831. The highest BCUT2D eigenvalue weighted by atomic mass is 32.1. The molecule has 3 heteroatoms. The van der Waals surface area contributed by atoms with Crippen molar-refractivity contribution in [3.05, 3.63) is 39.7 Å². The average molecular weight is 260 g/mol. The zero-order valence-electron chi connectivity index (χ0n) is 11.3. The van der Waals surface area contributed by atoms with E-state index in [-0.39, 0.29) is 0 Å². The van der Waals surface area contributed by atoms with Crippen molar-refractivity contribution in [2.75, 3.05) is 13.1 Å². The molecule has 2 nitrogen and oxygen atoms in total. The van der Waals surface area contributed by atoms with Gasteiger partial charge in [0.25, 0.3) is 0 Å². The molecule has 0 saturated carbocycles. The summed E-state index contributed by atoms with van der Waals surface area (Å²) in [6, 6.07) is 6.55. The largest absolute Gasteiger partial charge is 0.317 e. The molecule has 0 unspecified atom stereocenters. The predicted octanol–water partition coefficient (Wildman–Crippen LogP) is 3.58. The third-order valence-electron chi connectivity index (χ3n) is 3.12. The van der Waals surface area contributed by atoms with Crippen molar-refractivity contribution in [3.63, 3.8) is 0 Å². The van der Waals surface area contributed by atoms with Crippen LogP contribution in [0.25, 0.3) is 11.3 Å². The molecule has 1 aromatic carbocycles. The van der Waals surface area contributed by atoms with Gasteiger partial charge in [0.2, 0.25) is 0 Å². The van der Waals surface area contributed by atoms with Crippen LogP contribution in [0.15, 0.2) is 23.6 Å². The number of rotatable bonds is 5. The van der Waals surface area contributed by atoms with E-state index in [0.717, 1.165) is 25.2 Å². The minimum absolute atomic E-state index is 1.01. The van der Waals surface area contributed by atoms with E-state index in [9.17, 15) is 0 Å². The van der Waals surface area contributed by atoms with Crippen molar-refractivity contribution in [2.24, 2.45) is 0 Å². The van der Waals surface area contributed by atoms with E-state index >= 15 is 0 Å². The van der Waals surface area contributed by atoms with Gasteiger partial charge in [-0.05, 0) is 37.6 Å². The Labute approximate surface area is 113 Å². The second-order valence-electron chi connectivity index (χ2n) is 4.53. The highest BCUT2D eigenvalue weighted by molar-refractivity contribution is 7.09. The lowest BCUT2D eigenvalue weighted by Crippen LogP contribution is -2.15. The lowest BCUT2D eigenvalue weighted by Gasteiger charge is -2.02. The summed E-state index contributed by atoms with van der Waals surface area (Å²) >= 11 is 1.75. The first kappa shape index (κ1) is 13.2. The second-order valence-corrected chi connectivity index (χ2v) is 5.47. The molecule has 96 valence electrons. The number of aromatic nitrogens is 1. The van der Waals surface area contributed by atoms with Crippen molar-refractivity contribution in [1.29, 1.82) is 0 Å². The van der Waals surface area contributed by atoms with Crippen LogP contribution in [-0.4, -0.2) is 18.1 Å². The summed E-state index contributed by atoms with van der Waals surface area (Å²) < 4.78 is 0. The van der Waals surface area contributed by atoms with Crippen molar-refractivity contribution in [2.45, 2.75) is 27.2 Å². The normalized spacial score (nSPS) is 10.8. The van der Waals surface area contributed by atoms with E-state index in [2.05, 4.69) is 49.7 Å². The van der Waals surface area contributed by atoms with Crippen LogP contribution in [0.2, 0.25) is 0 Å². The Hall–Kier alpha value is -1.19. The molecule has 2 rings (SSSR count). The van der Waals surface area contributed by atoms with Gasteiger partial charge in [-0.1, -0.05) is 19.1 Å². The van der Waals surface area contributed by atoms with Crippen LogP contribution < -0.4 is 5.32 Å². The number of nitrogens with zero attached hydrogens (tertiary/aromatic N) is 1. The van der Waals surface area contributed by atoms with Crippen LogP contribution in [0.3, 0.4) is 0 Å². The van der Waals surface area contributed by atoms with Crippen LogP contribution in [0, 0.1) is 13.8 Å². The molecule has 0 spiro atoms. The number of benzene rings is 1. The molecule has 0 bridgehead atoms. The number of hydrogen-bond acceptors (Lipinski definition) is 3. The summed E-state index contributed by atoms with van der Waals surface area (Å²) in [6.07, 6.45) is 1.02. The molecule has 1 N–H and O–H groups in total. The summed E-state index contributed by atoms with van der Waals surface area (Å²) in [7, 11) is 0. The van der Waals surface area contributed by atoms with Crippen molar-refractivity contribution in [3.8, 4) is 11.3 Å². The number of hydrogen-bond donors (Lipinski definition) is 1. The monoisotopic (exact) mass is 260 g/mol. The Bertz CT molecular complexity index is 517. The van der Waals surface area contributed by atoms with E-state index in [1.807, 2.05) is 0 Å². The van der Waals surface area contributed by atoms with Gasteiger partial charge in [0.05, 0.1) is 10.7 Å². The summed E-state index contributed by atoms with van der Waals surface area (Å²) in [5.74, 6) is 0. The maximum atomic E-state index is 4.70. The first-order valence-electron chi connectivity index (χ1n) is 6.43. The lowest BCUT2D eigenvalue weighted by atomic mass is 10.1. The SMILES string of the molecule is CCNCCc1nc(-c2ccc(C)c(C)c2)cs1. The minimum atomic E-state index is 1.01. The topological polar surface area (TPSA) is 24.9 Å².